The molecule has 178 valence electrons. The summed E-state index contributed by atoms with van der Waals surface area (Å²) in [7, 11) is 5.43. The fourth-order valence-corrected chi connectivity index (χ4v) is 3.66. The molecule has 3 aromatic rings. The summed E-state index contributed by atoms with van der Waals surface area (Å²) in [5.74, 6) is 0.770. The lowest BCUT2D eigenvalue weighted by molar-refractivity contribution is -0.134. The van der Waals surface area contributed by atoms with Crippen molar-refractivity contribution >= 4 is 39.9 Å². The third-order valence-corrected chi connectivity index (χ3v) is 5.60. The molecule has 1 aromatic heterocycles. The number of carbonyl (C=O) groups excluding carboxylic acids is 1. The van der Waals surface area contributed by atoms with Crippen molar-refractivity contribution in [2.45, 2.75) is 6.10 Å². The van der Waals surface area contributed by atoms with Crippen molar-refractivity contribution in [1.82, 2.24) is 19.8 Å². The largest absolute Gasteiger partial charge is 0.493 e. The van der Waals surface area contributed by atoms with Crippen LogP contribution in [0, 0.1) is 5.82 Å². The fourth-order valence-electron chi connectivity index (χ4n) is 3.49. The number of ether oxygens (including phenoxy) is 2. The molecule has 0 saturated carbocycles. The molecule has 1 aliphatic heterocycles. The highest BCUT2D eigenvalue weighted by Crippen LogP contribution is 2.36. The second-order valence-corrected chi connectivity index (χ2v) is 8.52. The van der Waals surface area contributed by atoms with Gasteiger partial charge in [0, 0.05) is 24.1 Å². The standard InChI is InChI=1S/C24H25ClFN5O3/c1-30(2)9-5-8-22(32)31-12-15(13-31)34-21-10-16-19(11-20(21)33-3)27-14-28-24(16)29-18-7-4-6-17(25)23(18)26/h4-8,10-11,14-15H,9,12-13H2,1-3H3,(H,27,28,29)/b8-5+. The van der Waals surface area contributed by atoms with Gasteiger partial charge in [-0.3, -0.25) is 4.79 Å². The van der Waals surface area contributed by atoms with Crippen LogP contribution in [0.1, 0.15) is 0 Å². The Hall–Kier alpha value is -3.43. The molecule has 0 aliphatic carbocycles. The summed E-state index contributed by atoms with van der Waals surface area (Å²) in [5.41, 5.74) is 0.793. The predicted molar refractivity (Wildman–Crippen MR) is 129 cm³/mol. The van der Waals surface area contributed by atoms with E-state index in [-0.39, 0.29) is 22.7 Å². The van der Waals surface area contributed by atoms with E-state index < -0.39 is 5.82 Å². The minimum Gasteiger partial charge on any atom is -0.493 e. The Morgan fingerprint density at radius 3 is 2.82 bits per heavy atom. The molecule has 0 unspecified atom stereocenters. The molecule has 0 spiro atoms. The van der Waals surface area contributed by atoms with Crippen LogP contribution in [0.3, 0.4) is 0 Å². The number of rotatable bonds is 8. The summed E-state index contributed by atoms with van der Waals surface area (Å²) in [6, 6.07) is 8.18. The van der Waals surface area contributed by atoms with Gasteiger partial charge in [-0.15, -0.1) is 0 Å². The maximum atomic E-state index is 14.4. The van der Waals surface area contributed by atoms with Crippen LogP contribution >= 0.6 is 11.6 Å². The quantitative estimate of drug-likeness (QED) is 0.485. The van der Waals surface area contributed by atoms with E-state index in [0.717, 1.165) is 0 Å². The van der Waals surface area contributed by atoms with Gasteiger partial charge in [0.1, 0.15) is 18.2 Å². The number of carbonyl (C=O) groups is 1. The van der Waals surface area contributed by atoms with Gasteiger partial charge in [-0.2, -0.15) is 0 Å². The molecule has 0 atom stereocenters. The van der Waals surface area contributed by atoms with Crippen molar-refractivity contribution in [2.75, 3.05) is 46.2 Å². The van der Waals surface area contributed by atoms with Crippen LogP contribution < -0.4 is 14.8 Å². The molecule has 8 nitrogen and oxygen atoms in total. The van der Waals surface area contributed by atoms with Crippen molar-refractivity contribution in [3.05, 3.63) is 59.7 Å². The maximum Gasteiger partial charge on any atom is 0.246 e. The van der Waals surface area contributed by atoms with Crippen molar-refractivity contribution in [2.24, 2.45) is 0 Å². The molecule has 2 heterocycles. The van der Waals surface area contributed by atoms with Crippen molar-refractivity contribution < 1.29 is 18.7 Å². The average molecular weight is 486 g/mol. The monoisotopic (exact) mass is 485 g/mol. The molecule has 0 bridgehead atoms. The van der Waals surface area contributed by atoms with Crippen LogP contribution in [0.25, 0.3) is 10.9 Å². The Bertz CT molecular complexity index is 1230. The number of methoxy groups -OCH3 is 1. The third-order valence-electron chi connectivity index (χ3n) is 5.31. The topological polar surface area (TPSA) is 79.8 Å². The number of anilines is 2. The molecule has 10 heteroatoms. The predicted octanol–water partition coefficient (Wildman–Crippen LogP) is 3.88. The lowest BCUT2D eigenvalue weighted by atomic mass is 10.1. The van der Waals surface area contributed by atoms with Gasteiger partial charge in [0.15, 0.2) is 17.3 Å². The van der Waals surface area contributed by atoms with E-state index in [2.05, 4.69) is 15.3 Å². The Balaban J connectivity index is 1.52. The van der Waals surface area contributed by atoms with E-state index in [9.17, 15) is 9.18 Å². The number of hydrogen-bond acceptors (Lipinski definition) is 7. The zero-order valence-corrected chi connectivity index (χ0v) is 19.8. The van der Waals surface area contributed by atoms with Gasteiger partial charge >= 0.3 is 0 Å². The summed E-state index contributed by atoms with van der Waals surface area (Å²) < 4.78 is 26.0. The number of amides is 1. The van der Waals surface area contributed by atoms with Crippen LogP contribution in [0.5, 0.6) is 11.5 Å². The van der Waals surface area contributed by atoms with Crippen molar-refractivity contribution in [3.8, 4) is 11.5 Å². The molecule has 0 radical (unpaired) electrons. The Labute approximate surface area is 201 Å². The van der Waals surface area contributed by atoms with Crippen LogP contribution in [0.2, 0.25) is 5.02 Å². The number of nitrogens with one attached hydrogen (secondary N) is 1. The summed E-state index contributed by atoms with van der Waals surface area (Å²) in [6.07, 6.45) is 4.62. The summed E-state index contributed by atoms with van der Waals surface area (Å²) in [6.45, 7) is 1.64. The number of aromatic nitrogens is 2. The first-order chi connectivity index (χ1) is 16.4. The molecule has 1 fully saturated rings. The van der Waals surface area contributed by atoms with Crippen LogP contribution in [-0.2, 0) is 4.79 Å². The van der Waals surface area contributed by atoms with E-state index in [1.165, 1.54) is 12.4 Å². The van der Waals surface area contributed by atoms with Crippen molar-refractivity contribution in [1.29, 1.82) is 0 Å². The first-order valence-electron chi connectivity index (χ1n) is 10.7. The Morgan fingerprint density at radius 1 is 1.29 bits per heavy atom. The first-order valence-corrected chi connectivity index (χ1v) is 11.0. The second kappa shape index (κ2) is 10.2. The highest BCUT2D eigenvalue weighted by atomic mass is 35.5. The van der Waals surface area contributed by atoms with Gasteiger partial charge in [-0.25, -0.2) is 14.4 Å². The number of likely N-dealkylation sites (tertiary alicyclic amines) is 1. The lowest BCUT2D eigenvalue weighted by Gasteiger charge is -2.38. The zero-order chi connectivity index (χ0) is 24.2. The molecule has 1 amide bonds. The molecular weight excluding hydrogens is 461 g/mol. The molecule has 1 saturated heterocycles. The second-order valence-electron chi connectivity index (χ2n) is 8.12. The number of halogens is 2. The van der Waals surface area contributed by atoms with Gasteiger partial charge < -0.3 is 24.6 Å². The molecule has 1 N–H and O–H groups in total. The van der Waals surface area contributed by atoms with E-state index in [1.54, 1.807) is 42.4 Å². The summed E-state index contributed by atoms with van der Waals surface area (Å²) in [5, 5.41) is 3.61. The van der Waals surface area contributed by atoms with Crippen molar-refractivity contribution in [3.63, 3.8) is 0 Å². The SMILES string of the molecule is COc1cc2ncnc(Nc3cccc(Cl)c3F)c2cc1OC1CN(C(=O)/C=C/CN(C)C)C1. The first kappa shape index (κ1) is 23.7. The van der Waals surface area contributed by atoms with Gasteiger partial charge in [0.2, 0.25) is 5.91 Å². The van der Waals surface area contributed by atoms with Gasteiger partial charge in [0.25, 0.3) is 0 Å². The minimum atomic E-state index is -0.570. The molecule has 4 rings (SSSR count). The fraction of sp³-hybridized carbons (Fsp3) is 0.292. The van der Waals surface area contributed by atoms with Gasteiger partial charge in [-0.05, 0) is 32.3 Å². The van der Waals surface area contributed by atoms with Gasteiger partial charge in [0.05, 0.1) is 36.4 Å². The van der Waals surface area contributed by atoms with E-state index in [0.29, 0.717) is 47.9 Å². The molecular formula is C24H25ClFN5O3. The molecule has 2 aromatic carbocycles. The van der Waals surface area contributed by atoms with Crippen LogP contribution in [0.15, 0.2) is 48.8 Å². The normalized spacial score (nSPS) is 14.0. The number of likely N-dealkylation sites (N-methyl/N-ethyl adjacent to an activating group) is 1. The van der Waals surface area contributed by atoms with Gasteiger partial charge in [-0.1, -0.05) is 23.7 Å². The van der Waals surface area contributed by atoms with E-state index >= 15 is 0 Å². The smallest absolute Gasteiger partial charge is 0.246 e. The Kier molecular flexibility index (Phi) is 7.14. The molecule has 34 heavy (non-hydrogen) atoms. The summed E-state index contributed by atoms with van der Waals surface area (Å²) in [4.78, 5) is 24.5. The van der Waals surface area contributed by atoms with Crippen LogP contribution in [0.4, 0.5) is 15.9 Å². The zero-order valence-electron chi connectivity index (χ0n) is 19.1. The number of hydrogen-bond donors (Lipinski definition) is 1. The van der Waals surface area contributed by atoms with E-state index in [4.69, 9.17) is 21.1 Å². The average Bonchev–Trinajstić information content (AvgIpc) is 2.78. The lowest BCUT2D eigenvalue weighted by Crippen LogP contribution is -2.55. The summed E-state index contributed by atoms with van der Waals surface area (Å²) >= 11 is 5.90. The Morgan fingerprint density at radius 2 is 2.09 bits per heavy atom. The van der Waals surface area contributed by atoms with Crippen LogP contribution in [-0.4, -0.2) is 72.6 Å². The number of nitrogens with zero attached hydrogens (tertiary/aromatic N) is 4. The van der Waals surface area contributed by atoms with E-state index in [1.807, 2.05) is 25.1 Å². The number of fused-ring (bicyclic) bond motifs is 1. The third kappa shape index (κ3) is 5.21. The highest BCUT2D eigenvalue weighted by Gasteiger charge is 2.32. The number of benzene rings is 2. The molecule has 1 aliphatic rings. The maximum absolute atomic E-state index is 14.4. The highest BCUT2D eigenvalue weighted by molar-refractivity contribution is 6.31. The minimum absolute atomic E-state index is 0.00898.